The predicted molar refractivity (Wildman–Crippen MR) is 116 cm³/mol. The van der Waals surface area contributed by atoms with E-state index < -0.39 is 8.32 Å². The van der Waals surface area contributed by atoms with Crippen LogP contribution in [0.2, 0.25) is 0 Å². The zero-order valence-corrected chi connectivity index (χ0v) is 18.5. The largest absolute Gasteiger partial charge is 0.423 e. The van der Waals surface area contributed by atoms with Gasteiger partial charge < -0.3 is 4.80 Å². The third kappa shape index (κ3) is 4.63. The average molecular weight is 419 g/mol. The van der Waals surface area contributed by atoms with E-state index in [2.05, 4.69) is 80.0 Å². The minimum Gasteiger partial charge on any atom is -0.423 e. The molecule has 2 aromatic rings. The molecule has 136 valence electrons. The molecule has 3 heteroatoms. The molecule has 2 atom stereocenters. The molecule has 0 radical (unpaired) electrons. The van der Waals surface area contributed by atoms with Crippen LogP contribution in [0.3, 0.4) is 0 Å². The lowest BCUT2D eigenvalue weighted by Crippen LogP contribution is -2.66. The summed E-state index contributed by atoms with van der Waals surface area (Å²) in [5.74, 6) is 0. The fourth-order valence-corrected chi connectivity index (χ4v) is 8.86. The van der Waals surface area contributed by atoms with Crippen molar-refractivity contribution in [3.63, 3.8) is 0 Å². The molecule has 0 aromatic heterocycles. The second-order valence-corrected chi connectivity index (χ2v) is 13.2. The summed E-state index contributed by atoms with van der Waals surface area (Å²) in [5, 5.41) is 2.23. The Balaban J connectivity index is 2.57. The van der Waals surface area contributed by atoms with Crippen molar-refractivity contribution >= 4 is 34.6 Å². The quantitative estimate of drug-likeness (QED) is 0.384. The fourth-order valence-electron chi connectivity index (χ4n) is 3.45. The molecule has 0 aliphatic carbocycles. The van der Waals surface area contributed by atoms with Gasteiger partial charge in [0.15, 0.2) is 0 Å². The van der Waals surface area contributed by atoms with Crippen molar-refractivity contribution in [2.75, 3.05) is 0 Å². The number of rotatable bonds is 7. The van der Waals surface area contributed by atoms with E-state index in [9.17, 15) is 4.80 Å². The Labute approximate surface area is 162 Å². The Bertz CT molecular complexity index is 665. The lowest BCUT2D eigenvalue weighted by molar-refractivity contribution is 0.544. The fraction of sp³-hybridized carbons (Fsp3) is 0.455. The number of hydrogen-bond donors (Lipinski definition) is 1. The molecule has 25 heavy (non-hydrogen) atoms. The molecule has 0 fully saturated rings. The standard InChI is InChI=1S/C22H31BrOSi/c1-5-6-8-17-21(23)25(24,18-13-9-7-10-14-18)20-16-12-11-15-19(20)22(2,3)4/h7,9-16,21,24H,5-6,8,17H2,1-4H3. The van der Waals surface area contributed by atoms with Crippen LogP contribution in [0.15, 0.2) is 54.6 Å². The SMILES string of the molecule is CCCCCC(Br)[Si](O)(c1ccccc1)c1ccccc1C(C)(C)C. The zero-order valence-electron chi connectivity index (χ0n) is 15.9. The smallest absolute Gasteiger partial charge is 0.266 e. The molecule has 0 heterocycles. The van der Waals surface area contributed by atoms with E-state index in [1.807, 2.05) is 18.2 Å². The van der Waals surface area contributed by atoms with E-state index >= 15 is 0 Å². The van der Waals surface area contributed by atoms with Crippen LogP contribution in [-0.2, 0) is 5.41 Å². The van der Waals surface area contributed by atoms with Crippen LogP contribution in [-0.4, -0.2) is 17.6 Å². The van der Waals surface area contributed by atoms with E-state index in [-0.39, 0.29) is 9.87 Å². The van der Waals surface area contributed by atoms with Crippen LogP contribution in [0.25, 0.3) is 0 Å². The van der Waals surface area contributed by atoms with Crippen molar-refractivity contribution in [1.82, 2.24) is 0 Å². The number of unbranched alkanes of at least 4 members (excludes halogenated alkanes) is 2. The van der Waals surface area contributed by atoms with Gasteiger partial charge in [-0.1, -0.05) is 117 Å². The van der Waals surface area contributed by atoms with Gasteiger partial charge in [-0.3, -0.25) is 0 Å². The van der Waals surface area contributed by atoms with Crippen LogP contribution >= 0.6 is 15.9 Å². The van der Waals surface area contributed by atoms with Gasteiger partial charge >= 0.3 is 0 Å². The Morgan fingerprint density at radius 2 is 1.56 bits per heavy atom. The highest BCUT2D eigenvalue weighted by Gasteiger charge is 2.45. The molecule has 1 nitrogen and oxygen atoms in total. The maximum atomic E-state index is 12.2. The molecule has 0 spiro atoms. The molecule has 0 bridgehead atoms. The van der Waals surface area contributed by atoms with Crippen LogP contribution in [0.1, 0.15) is 58.9 Å². The summed E-state index contributed by atoms with van der Waals surface area (Å²) < 4.78 is 0.109. The molecule has 0 saturated carbocycles. The summed E-state index contributed by atoms with van der Waals surface area (Å²) in [6.07, 6.45) is 4.56. The summed E-state index contributed by atoms with van der Waals surface area (Å²) in [5.41, 5.74) is 1.26. The molecule has 0 aliphatic heterocycles. The maximum absolute atomic E-state index is 12.2. The third-order valence-electron chi connectivity index (χ3n) is 4.87. The van der Waals surface area contributed by atoms with E-state index in [1.165, 1.54) is 18.4 Å². The van der Waals surface area contributed by atoms with Gasteiger partial charge in [0, 0.05) is 4.45 Å². The number of hydrogen-bond acceptors (Lipinski definition) is 1. The third-order valence-corrected chi connectivity index (χ3v) is 11.0. The second-order valence-electron chi connectivity index (χ2n) is 7.89. The highest BCUT2D eigenvalue weighted by atomic mass is 79.9. The van der Waals surface area contributed by atoms with Gasteiger partial charge in [-0.25, -0.2) is 0 Å². The highest BCUT2D eigenvalue weighted by molar-refractivity contribution is 9.10. The summed E-state index contributed by atoms with van der Waals surface area (Å²) in [6, 6.07) is 18.8. The normalized spacial score (nSPS) is 15.6. The molecule has 0 saturated heterocycles. The van der Waals surface area contributed by atoms with Crippen LogP contribution in [0, 0.1) is 0 Å². The predicted octanol–water partition coefficient (Wildman–Crippen LogP) is 4.92. The average Bonchev–Trinajstić information content (AvgIpc) is 2.61. The first-order valence-corrected chi connectivity index (χ1v) is 12.3. The molecule has 2 aromatic carbocycles. The Hall–Kier alpha value is -0.903. The Kier molecular flexibility index (Phi) is 7.07. The highest BCUT2D eigenvalue weighted by Crippen LogP contribution is 2.27. The minimum atomic E-state index is -2.89. The molecular formula is C22H31BrOSi. The van der Waals surface area contributed by atoms with Gasteiger partial charge in [-0.05, 0) is 27.8 Å². The molecule has 2 unspecified atom stereocenters. The first-order chi connectivity index (χ1) is 11.8. The van der Waals surface area contributed by atoms with Crippen molar-refractivity contribution < 1.29 is 4.80 Å². The zero-order chi connectivity index (χ0) is 18.5. The van der Waals surface area contributed by atoms with Gasteiger partial charge in [0.05, 0.1) is 0 Å². The summed E-state index contributed by atoms with van der Waals surface area (Å²) in [7, 11) is -2.89. The number of benzene rings is 2. The van der Waals surface area contributed by atoms with E-state index in [0.29, 0.717) is 0 Å². The second kappa shape index (κ2) is 8.66. The van der Waals surface area contributed by atoms with Crippen molar-refractivity contribution in [3.05, 3.63) is 60.2 Å². The summed E-state index contributed by atoms with van der Waals surface area (Å²) in [4.78, 5) is 12.2. The molecule has 0 aliphatic rings. The minimum absolute atomic E-state index is 0.00247. The molecular weight excluding hydrogens is 388 g/mol. The lowest BCUT2D eigenvalue weighted by Gasteiger charge is -2.36. The topological polar surface area (TPSA) is 20.2 Å². The summed E-state index contributed by atoms with van der Waals surface area (Å²) >= 11 is 3.92. The number of alkyl halides is 1. The van der Waals surface area contributed by atoms with Crippen molar-refractivity contribution in [3.8, 4) is 0 Å². The van der Waals surface area contributed by atoms with E-state index in [0.717, 1.165) is 23.2 Å². The Morgan fingerprint density at radius 3 is 2.16 bits per heavy atom. The Morgan fingerprint density at radius 1 is 0.960 bits per heavy atom. The van der Waals surface area contributed by atoms with Gasteiger partial charge in [-0.2, -0.15) is 0 Å². The molecule has 2 rings (SSSR count). The first kappa shape index (κ1) is 20.4. The van der Waals surface area contributed by atoms with E-state index in [4.69, 9.17) is 0 Å². The van der Waals surface area contributed by atoms with Crippen LogP contribution in [0.4, 0.5) is 0 Å². The maximum Gasteiger partial charge on any atom is 0.266 e. The lowest BCUT2D eigenvalue weighted by atomic mass is 9.87. The van der Waals surface area contributed by atoms with Crippen molar-refractivity contribution in [1.29, 1.82) is 0 Å². The first-order valence-electron chi connectivity index (χ1n) is 9.33. The van der Waals surface area contributed by atoms with Crippen molar-refractivity contribution in [2.24, 2.45) is 0 Å². The molecule has 0 amide bonds. The monoisotopic (exact) mass is 418 g/mol. The molecule has 1 N–H and O–H groups in total. The van der Waals surface area contributed by atoms with Gasteiger partial charge in [0.1, 0.15) is 0 Å². The summed E-state index contributed by atoms with van der Waals surface area (Å²) in [6.45, 7) is 8.91. The van der Waals surface area contributed by atoms with E-state index in [1.54, 1.807) is 0 Å². The van der Waals surface area contributed by atoms with Crippen LogP contribution in [0.5, 0.6) is 0 Å². The van der Waals surface area contributed by atoms with Gasteiger partial charge in [-0.15, -0.1) is 0 Å². The van der Waals surface area contributed by atoms with Crippen molar-refractivity contribution in [2.45, 2.75) is 63.2 Å². The van der Waals surface area contributed by atoms with Gasteiger partial charge in [0.25, 0.3) is 8.32 Å². The number of halogens is 1. The van der Waals surface area contributed by atoms with Gasteiger partial charge in [0.2, 0.25) is 0 Å². The van der Waals surface area contributed by atoms with Crippen LogP contribution < -0.4 is 10.4 Å².